The second-order valence-corrected chi connectivity index (χ2v) is 6.92. The minimum absolute atomic E-state index is 0.285. The van der Waals surface area contributed by atoms with Crippen molar-refractivity contribution in [2.45, 2.75) is 18.6 Å². The molecule has 0 aromatic heterocycles. The monoisotopic (exact) mass is 385 g/mol. The van der Waals surface area contributed by atoms with Crippen LogP contribution in [0.15, 0.2) is 48.5 Å². The van der Waals surface area contributed by atoms with Gasteiger partial charge in [-0.2, -0.15) is 0 Å². The van der Waals surface area contributed by atoms with Crippen molar-refractivity contribution in [1.82, 2.24) is 0 Å². The van der Waals surface area contributed by atoms with Crippen molar-refractivity contribution in [2.24, 2.45) is 5.92 Å². The Labute approximate surface area is 160 Å². The van der Waals surface area contributed by atoms with E-state index in [2.05, 4.69) is 0 Å². The molecule has 2 aliphatic rings. The van der Waals surface area contributed by atoms with Crippen LogP contribution in [0.3, 0.4) is 0 Å². The van der Waals surface area contributed by atoms with Crippen molar-refractivity contribution in [1.29, 1.82) is 0 Å². The van der Waals surface area contributed by atoms with Gasteiger partial charge in [0, 0.05) is 17.4 Å². The Morgan fingerprint density at radius 1 is 1.15 bits per heavy atom. The number of methoxy groups -OCH3 is 1. The molecule has 0 N–H and O–H groups in total. The molecule has 3 atom stereocenters. The van der Waals surface area contributed by atoms with Gasteiger partial charge >= 0.3 is 11.9 Å². The highest BCUT2D eigenvalue weighted by atomic mass is 35.5. The van der Waals surface area contributed by atoms with Crippen LogP contribution in [-0.4, -0.2) is 31.2 Å². The van der Waals surface area contributed by atoms with E-state index in [9.17, 15) is 14.4 Å². The maximum atomic E-state index is 13.3. The van der Waals surface area contributed by atoms with Gasteiger partial charge in [-0.15, -0.1) is 0 Å². The van der Waals surface area contributed by atoms with E-state index in [1.54, 1.807) is 48.5 Å². The number of hydrogen-bond donors (Lipinski definition) is 0. The van der Waals surface area contributed by atoms with E-state index >= 15 is 0 Å². The zero-order valence-electron chi connectivity index (χ0n) is 14.4. The van der Waals surface area contributed by atoms with E-state index in [1.807, 2.05) is 0 Å². The molecule has 1 saturated heterocycles. The van der Waals surface area contributed by atoms with Gasteiger partial charge in [0.2, 0.25) is 5.91 Å². The Balaban J connectivity index is 1.80. The second-order valence-electron chi connectivity index (χ2n) is 6.48. The van der Waals surface area contributed by atoms with E-state index in [4.69, 9.17) is 21.1 Å². The number of halogens is 1. The van der Waals surface area contributed by atoms with Crippen molar-refractivity contribution >= 4 is 35.1 Å². The summed E-state index contributed by atoms with van der Waals surface area (Å²) in [6.07, 6.45) is -0.491. The summed E-state index contributed by atoms with van der Waals surface area (Å²) in [6, 6.07) is 13.6. The number of amides is 1. The van der Waals surface area contributed by atoms with Gasteiger partial charge in [0.15, 0.2) is 6.23 Å². The summed E-state index contributed by atoms with van der Waals surface area (Å²) in [5.41, 5.74) is 1.51. The quantitative estimate of drug-likeness (QED) is 0.586. The predicted molar refractivity (Wildman–Crippen MR) is 97.4 cm³/mol. The Morgan fingerprint density at radius 3 is 2.56 bits per heavy atom. The first-order valence-corrected chi connectivity index (χ1v) is 8.85. The smallest absolute Gasteiger partial charge is 0.342 e. The largest absolute Gasteiger partial charge is 0.468 e. The third-order valence-corrected chi connectivity index (χ3v) is 5.28. The first-order chi connectivity index (χ1) is 13.0. The van der Waals surface area contributed by atoms with Crippen LogP contribution in [0.4, 0.5) is 5.69 Å². The number of rotatable bonds is 2. The van der Waals surface area contributed by atoms with Crippen molar-refractivity contribution < 1.29 is 23.9 Å². The Bertz CT molecular complexity index is 926. The van der Waals surface area contributed by atoms with E-state index in [-0.39, 0.29) is 6.42 Å². The summed E-state index contributed by atoms with van der Waals surface area (Å²) in [5.74, 6) is -3.06. The summed E-state index contributed by atoms with van der Waals surface area (Å²) in [6.45, 7) is 0. The lowest BCUT2D eigenvalue weighted by molar-refractivity contribution is -0.153. The Morgan fingerprint density at radius 2 is 1.85 bits per heavy atom. The number of esters is 2. The zero-order valence-corrected chi connectivity index (χ0v) is 15.2. The number of benzene rings is 2. The molecule has 2 heterocycles. The normalized spacial score (nSPS) is 23.9. The van der Waals surface area contributed by atoms with Crippen molar-refractivity contribution in [3.63, 3.8) is 0 Å². The molecule has 1 fully saturated rings. The SMILES string of the molecule is COC(=O)[C@H]1C(=O)N2c3ccccc3C(=O)O[C@H]2C[C@@H]1c1ccc(Cl)cc1. The van der Waals surface area contributed by atoms with Crippen LogP contribution in [0.1, 0.15) is 28.3 Å². The predicted octanol–water partition coefficient (Wildman–Crippen LogP) is 3.15. The lowest BCUT2D eigenvalue weighted by atomic mass is 9.78. The lowest BCUT2D eigenvalue weighted by Crippen LogP contribution is -2.57. The van der Waals surface area contributed by atoms with E-state index < -0.39 is 35.9 Å². The molecule has 0 aliphatic carbocycles. The van der Waals surface area contributed by atoms with Gasteiger partial charge in [-0.3, -0.25) is 14.5 Å². The minimum Gasteiger partial charge on any atom is -0.468 e. The average molecular weight is 386 g/mol. The first-order valence-electron chi connectivity index (χ1n) is 8.47. The van der Waals surface area contributed by atoms with E-state index in [1.165, 1.54) is 12.0 Å². The molecule has 1 amide bonds. The number of para-hydroxylation sites is 1. The molecular weight excluding hydrogens is 370 g/mol. The van der Waals surface area contributed by atoms with Crippen LogP contribution >= 0.6 is 11.6 Å². The fourth-order valence-corrected chi connectivity index (χ4v) is 3.90. The number of hydrogen-bond acceptors (Lipinski definition) is 5. The Kier molecular flexibility index (Phi) is 4.36. The van der Waals surface area contributed by atoms with Gasteiger partial charge in [-0.05, 0) is 29.8 Å². The molecule has 0 spiro atoms. The van der Waals surface area contributed by atoms with E-state index in [0.29, 0.717) is 16.3 Å². The van der Waals surface area contributed by atoms with Gasteiger partial charge in [0.05, 0.1) is 18.4 Å². The van der Waals surface area contributed by atoms with Crippen LogP contribution in [0, 0.1) is 5.92 Å². The molecule has 27 heavy (non-hydrogen) atoms. The molecular formula is C20H16ClNO5. The molecule has 0 bridgehead atoms. The standard InChI is InChI=1S/C20H16ClNO5/c1-26-20(25)17-14(11-6-8-12(21)9-7-11)10-16-22(18(17)23)15-5-3-2-4-13(15)19(24)27-16/h2-9,14,16-17H,10H2,1H3/t14-,16+,17-/m1/s1. The summed E-state index contributed by atoms with van der Waals surface area (Å²) < 4.78 is 10.4. The number of piperidine rings is 1. The van der Waals surface area contributed by atoms with Crippen molar-refractivity contribution in [3.05, 3.63) is 64.7 Å². The molecule has 2 aromatic carbocycles. The van der Waals surface area contributed by atoms with Crippen LogP contribution in [0.5, 0.6) is 0 Å². The Hall–Kier alpha value is -2.86. The fourth-order valence-electron chi connectivity index (χ4n) is 3.77. The highest BCUT2D eigenvalue weighted by molar-refractivity contribution is 6.30. The lowest BCUT2D eigenvalue weighted by Gasteiger charge is -2.44. The highest BCUT2D eigenvalue weighted by Crippen LogP contribution is 2.43. The third kappa shape index (κ3) is 2.86. The average Bonchev–Trinajstić information content (AvgIpc) is 2.68. The second kappa shape index (κ2) is 6.70. The summed E-state index contributed by atoms with van der Waals surface area (Å²) in [4.78, 5) is 39.5. The molecule has 4 rings (SSSR count). The van der Waals surface area contributed by atoms with Crippen LogP contribution in [-0.2, 0) is 19.1 Å². The zero-order chi connectivity index (χ0) is 19.1. The van der Waals surface area contributed by atoms with Crippen LogP contribution in [0.25, 0.3) is 0 Å². The fraction of sp³-hybridized carbons (Fsp3) is 0.250. The van der Waals surface area contributed by atoms with Gasteiger partial charge in [-0.1, -0.05) is 35.9 Å². The van der Waals surface area contributed by atoms with Gasteiger partial charge < -0.3 is 9.47 Å². The molecule has 138 valence electrons. The number of anilines is 1. The number of fused-ring (bicyclic) bond motifs is 3. The van der Waals surface area contributed by atoms with Crippen LogP contribution < -0.4 is 4.90 Å². The van der Waals surface area contributed by atoms with Gasteiger partial charge in [-0.25, -0.2) is 4.79 Å². The van der Waals surface area contributed by atoms with Gasteiger partial charge in [0.1, 0.15) is 5.92 Å². The highest BCUT2D eigenvalue weighted by Gasteiger charge is 2.51. The maximum Gasteiger partial charge on any atom is 0.342 e. The molecule has 7 heteroatoms. The molecule has 6 nitrogen and oxygen atoms in total. The number of carbonyl (C=O) groups is 3. The van der Waals surface area contributed by atoms with E-state index in [0.717, 1.165) is 5.56 Å². The number of ether oxygens (including phenoxy) is 2. The molecule has 0 unspecified atom stereocenters. The van der Waals surface area contributed by atoms with Crippen molar-refractivity contribution in [3.8, 4) is 0 Å². The third-order valence-electron chi connectivity index (χ3n) is 5.03. The van der Waals surface area contributed by atoms with Gasteiger partial charge in [0.25, 0.3) is 0 Å². The molecule has 2 aliphatic heterocycles. The summed E-state index contributed by atoms with van der Waals surface area (Å²) in [5, 5.41) is 0.551. The van der Waals surface area contributed by atoms with Crippen LogP contribution in [0.2, 0.25) is 5.02 Å². The molecule has 2 aromatic rings. The number of carbonyl (C=O) groups excluding carboxylic acids is 3. The minimum atomic E-state index is -1.03. The molecule has 0 saturated carbocycles. The van der Waals surface area contributed by atoms with Crippen molar-refractivity contribution in [2.75, 3.05) is 12.0 Å². The topological polar surface area (TPSA) is 72.9 Å². The molecule has 0 radical (unpaired) electrons. The summed E-state index contributed by atoms with van der Waals surface area (Å²) >= 11 is 5.96. The summed E-state index contributed by atoms with van der Waals surface area (Å²) in [7, 11) is 1.25. The number of nitrogens with zero attached hydrogens (tertiary/aromatic N) is 1. The maximum absolute atomic E-state index is 13.3. The first kappa shape index (κ1) is 17.5.